The number of urea groups is 1. The van der Waals surface area contributed by atoms with E-state index in [2.05, 4.69) is 5.32 Å². The number of imide groups is 1. The minimum atomic E-state index is -0.0845. The number of amides is 4. The van der Waals surface area contributed by atoms with Gasteiger partial charge >= 0.3 is 6.03 Å². The van der Waals surface area contributed by atoms with Crippen molar-refractivity contribution in [1.82, 2.24) is 15.1 Å². The van der Waals surface area contributed by atoms with Gasteiger partial charge in [-0.2, -0.15) is 0 Å². The van der Waals surface area contributed by atoms with Crippen molar-refractivity contribution in [2.45, 2.75) is 19.4 Å². The molecule has 0 bridgehead atoms. The van der Waals surface area contributed by atoms with Gasteiger partial charge in [0.25, 0.3) is 0 Å². The molecule has 1 aromatic rings. The van der Waals surface area contributed by atoms with Crippen LogP contribution < -0.4 is 5.32 Å². The Balaban J connectivity index is 1.40. The summed E-state index contributed by atoms with van der Waals surface area (Å²) < 4.78 is 0. The molecule has 0 aliphatic carbocycles. The van der Waals surface area contributed by atoms with Crippen molar-refractivity contribution in [3.8, 4) is 0 Å². The van der Waals surface area contributed by atoms with Gasteiger partial charge in [-0.25, -0.2) is 4.79 Å². The lowest BCUT2D eigenvalue weighted by Crippen LogP contribution is -2.56. The van der Waals surface area contributed by atoms with Gasteiger partial charge in [0.2, 0.25) is 11.8 Å². The molecular weight excluding hydrogens is 290 g/mol. The first-order valence-electron chi connectivity index (χ1n) is 7.02. The quantitative estimate of drug-likeness (QED) is 0.845. The predicted molar refractivity (Wildman–Crippen MR) is 77.6 cm³/mol. The highest BCUT2D eigenvalue weighted by atomic mass is 32.1. The molecule has 3 heterocycles. The third-order valence-corrected chi connectivity index (χ3v) is 4.71. The van der Waals surface area contributed by atoms with Crippen LogP contribution in [0.4, 0.5) is 4.79 Å². The lowest BCUT2D eigenvalue weighted by atomic mass is 10.0. The summed E-state index contributed by atoms with van der Waals surface area (Å²) in [6.45, 7) is 2.20. The standard InChI is InChI=1S/C14H17N3O3S/c18-12-3-4-13(19)17(12)9-10-7-16(8-10)14(20)15-6-11-2-1-5-21-11/h1-2,5,10H,3-4,6-9H2,(H,15,20). The number of carbonyl (C=O) groups is 3. The highest BCUT2D eigenvalue weighted by Crippen LogP contribution is 2.21. The zero-order chi connectivity index (χ0) is 14.8. The molecule has 4 amide bonds. The molecule has 0 unspecified atom stereocenters. The molecule has 2 saturated heterocycles. The first-order valence-corrected chi connectivity index (χ1v) is 7.90. The van der Waals surface area contributed by atoms with Gasteiger partial charge in [-0.3, -0.25) is 14.5 Å². The Labute approximate surface area is 126 Å². The van der Waals surface area contributed by atoms with Crippen LogP contribution in [0.15, 0.2) is 17.5 Å². The summed E-state index contributed by atoms with van der Waals surface area (Å²) in [5.41, 5.74) is 0. The molecule has 3 rings (SSSR count). The summed E-state index contributed by atoms with van der Waals surface area (Å²) in [7, 11) is 0. The molecular formula is C14H17N3O3S. The highest BCUT2D eigenvalue weighted by Gasteiger charge is 2.36. The van der Waals surface area contributed by atoms with Crippen molar-refractivity contribution in [1.29, 1.82) is 0 Å². The Morgan fingerprint density at radius 1 is 1.29 bits per heavy atom. The molecule has 0 atom stereocenters. The van der Waals surface area contributed by atoms with Gasteiger partial charge < -0.3 is 10.2 Å². The molecule has 7 heteroatoms. The molecule has 2 aliphatic rings. The predicted octanol–water partition coefficient (Wildman–Crippen LogP) is 1.04. The maximum atomic E-state index is 11.9. The topological polar surface area (TPSA) is 69.7 Å². The van der Waals surface area contributed by atoms with Crippen LogP contribution in [0.2, 0.25) is 0 Å². The Bertz CT molecular complexity index is 536. The van der Waals surface area contributed by atoms with Crippen molar-refractivity contribution in [3.05, 3.63) is 22.4 Å². The van der Waals surface area contributed by atoms with Crippen LogP contribution in [-0.2, 0) is 16.1 Å². The van der Waals surface area contributed by atoms with Crippen LogP contribution in [0.1, 0.15) is 17.7 Å². The lowest BCUT2D eigenvalue weighted by molar-refractivity contribution is -0.139. The van der Waals surface area contributed by atoms with Crippen LogP contribution in [-0.4, -0.2) is 47.3 Å². The summed E-state index contributed by atoms with van der Waals surface area (Å²) in [6, 6.07) is 3.85. The van der Waals surface area contributed by atoms with Crippen molar-refractivity contribution >= 4 is 29.2 Å². The number of likely N-dealkylation sites (tertiary alicyclic amines) is 2. The minimum absolute atomic E-state index is 0.0828. The second-order valence-corrected chi connectivity index (χ2v) is 6.44. The van der Waals surface area contributed by atoms with E-state index in [9.17, 15) is 14.4 Å². The SMILES string of the molecule is O=C(NCc1cccs1)N1CC(CN2C(=O)CCC2=O)C1. The van der Waals surface area contributed by atoms with Gasteiger partial charge in [0.1, 0.15) is 0 Å². The van der Waals surface area contributed by atoms with Crippen LogP contribution in [0.25, 0.3) is 0 Å². The third-order valence-electron chi connectivity index (χ3n) is 3.83. The Morgan fingerprint density at radius 2 is 2.00 bits per heavy atom. The van der Waals surface area contributed by atoms with Crippen LogP contribution in [0.5, 0.6) is 0 Å². The fourth-order valence-electron chi connectivity index (χ4n) is 2.62. The van der Waals surface area contributed by atoms with E-state index in [1.807, 2.05) is 17.5 Å². The number of nitrogens with zero attached hydrogens (tertiary/aromatic N) is 2. The second kappa shape index (κ2) is 5.85. The number of hydrogen-bond donors (Lipinski definition) is 1. The molecule has 21 heavy (non-hydrogen) atoms. The summed E-state index contributed by atoms with van der Waals surface area (Å²) in [5.74, 6) is 0.0460. The molecule has 0 aromatic carbocycles. The summed E-state index contributed by atoms with van der Waals surface area (Å²) >= 11 is 1.61. The molecule has 0 saturated carbocycles. The maximum absolute atomic E-state index is 11.9. The monoisotopic (exact) mass is 307 g/mol. The number of rotatable bonds is 4. The van der Waals surface area contributed by atoms with E-state index in [4.69, 9.17) is 0 Å². The molecule has 0 radical (unpaired) electrons. The van der Waals surface area contributed by atoms with Crippen molar-refractivity contribution in [2.24, 2.45) is 5.92 Å². The van der Waals surface area contributed by atoms with Gasteiger partial charge in [-0.1, -0.05) is 6.07 Å². The number of carbonyl (C=O) groups excluding carboxylic acids is 3. The van der Waals surface area contributed by atoms with E-state index >= 15 is 0 Å². The second-order valence-electron chi connectivity index (χ2n) is 5.41. The first kappa shape index (κ1) is 14.1. The van der Waals surface area contributed by atoms with E-state index in [-0.39, 0.29) is 23.8 Å². The van der Waals surface area contributed by atoms with E-state index in [1.54, 1.807) is 16.2 Å². The Morgan fingerprint density at radius 3 is 2.62 bits per heavy atom. The first-order chi connectivity index (χ1) is 10.1. The smallest absolute Gasteiger partial charge is 0.317 e. The zero-order valence-corrected chi connectivity index (χ0v) is 12.4. The third kappa shape index (κ3) is 3.07. The summed E-state index contributed by atoms with van der Waals surface area (Å²) in [4.78, 5) is 39.1. The van der Waals surface area contributed by atoms with Crippen molar-refractivity contribution < 1.29 is 14.4 Å². The van der Waals surface area contributed by atoms with Crippen LogP contribution in [0.3, 0.4) is 0 Å². The number of nitrogens with one attached hydrogen (secondary N) is 1. The average Bonchev–Trinajstić information content (AvgIpc) is 3.03. The molecule has 6 nitrogen and oxygen atoms in total. The Kier molecular flexibility index (Phi) is 3.92. The van der Waals surface area contributed by atoms with Crippen LogP contribution in [0, 0.1) is 5.92 Å². The van der Waals surface area contributed by atoms with E-state index < -0.39 is 0 Å². The van der Waals surface area contributed by atoms with Gasteiger partial charge in [-0.15, -0.1) is 11.3 Å². The van der Waals surface area contributed by atoms with E-state index in [1.165, 1.54) is 4.90 Å². The van der Waals surface area contributed by atoms with Gasteiger partial charge in [0, 0.05) is 43.3 Å². The molecule has 1 N–H and O–H groups in total. The minimum Gasteiger partial charge on any atom is -0.333 e. The molecule has 0 spiro atoms. The van der Waals surface area contributed by atoms with Gasteiger partial charge in [0.15, 0.2) is 0 Å². The Hall–Kier alpha value is -1.89. The van der Waals surface area contributed by atoms with Crippen molar-refractivity contribution in [2.75, 3.05) is 19.6 Å². The fourth-order valence-corrected chi connectivity index (χ4v) is 3.27. The normalized spacial score (nSPS) is 19.0. The lowest BCUT2D eigenvalue weighted by Gasteiger charge is -2.40. The molecule has 2 fully saturated rings. The van der Waals surface area contributed by atoms with E-state index in [0.29, 0.717) is 39.0 Å². The van der Waals surface area contributed by atoms with E-state index in [0.717, 1.165) is 4.88 Å². The van der Waals surface area contributed by atoms with Gasteiger partial charge in [0.05, 0.1) is 6.54 Å². The molecule has 2 aliphatic heterocycles. The van der Waals surface area contributed by atoms with Crippen LogP contribution >= 0.6 is 11.3 Å². The number of thiophene rings is 1. The molecule has 1 aromatic heterocycles. The summed E-state index contributed by atoms with van der Waals surface area (Å²) in [5, 5.41) is 4.85. The largest absolute Gasteiger partial charge is 0.333 e. The highest BCUT2D eigenvalue weighted by molar-refractivity contribution is 7.09. The van der Waals surface area contributed by atoms with Crippen molar-refractivity contribution in [3.63, 3.8) is 0 Å². The number of hydrogen-bond acceptors (Lipinski definition) is 4. The maximum Gasteiger partial charge on any atom is 0.317 e. The molecule has 112 valence electrons. The average molecular weight is 307 g/mol. The van der Waals surface area contributed by atoms with Gasteiger partial charge in [-0.05, 0) is 11.4 Å². The zero-order valence-electron chi connectivity index (χ0n) is 11.6. The fraction of sp³-hybridized carbons (Fsp3) is 0.500. The summed E-state index contributed by atoms with van der Waals surface area (Å²) in [6.07, 6.45) is 0.660.